The van der Waals surface area contributed by atoms with Crippen molar-refractivity contribution in [3.8, 4) is 11.7 Å². The molecule has 4 saturated carbocycles. The molecule has 0 radical (unpaired) electrons. The van der Waals surface area contributed by atoms with Gasteiger partial charge in [-0.05, 0) is 73.2 Å². The second-order valence-corrected chi connectivity index (χ2v) is 7.55. The Balaban J connectivity index is 1.57. The van der Waals surface area contributed by atoms with Crippen LogP contribution in [0.1, 0.15) is 38.5 Å². The van der Waals surface area contributed by atoms with Gasteiger partial charge in [-0.25, -0.2) is 0 Å². The number of rotatable bonds is 2. The maximum Gasteiger partial charge on any atom is 0.272 e. The summed E-state index contributed by atoms with van der Waals surface area (Å²) < 4.78 is 1.44. The zero-order valence-electron chi connectivity index (χ0n) is 12.6. The Kier molecular flexibility index (Phi) is 2.47. The number of para-hydroxylation sites is 1. The molecule has 4 aliphatic carbocycles. The first-order valence-electron chi connectivity index (χ1n) is 8.34. The van der Waals surface area contributed by atoms with E-state index in [1.165, 1.54) is 23.9 Å². The molecule has 0 saturated heterocycles. The van der Waals surface area contributed by atoms with Gasteiger partial charge in [-0.1, -0.05) is 18.2 Å². The van der Waals surface area contributed by atoms with Crippen molar-refractivity contribution in [2.45, 2.75) is 44.1 Å². The minimum Gasteiger partial charge on any atom is -0.816 e. The van der Waals surface area contributed by atoms with Crippen LogP contribution >= 0.6 is 0 Å². The van der Waals surface area contributed by atoms with E-state index >= 15 is 0 Å². The maximum atomic E-state index is 12.3. The van der Waals surface area contributed by atoms with Crippen molar-refractivity contribution in [2.75, 3.05) is 0 Å². The fourth-order valence-electron chi connectivity index (χ4n) is 5.51. The SMILES string of the molecule is [O-]c1nn(C23CC4CC(CC(C4)C2)C3)n[n+]1-c1ccccc1. The van der Waals surface area contributed by atoms with Crippen LogP contribution in [0.5, 0.6) is 6.01 Å². The molecule has 1 aromatic carbocycles. The number of tetrazole rings is 1. The van der Waals surface area contributed by atoms with E-state index in [9.17, 15) is 5.11 Å². The van der Waals surface area contributed by atoms with Crippen molar-refractivity contribution in [3.63, 3.8) is 0 Å². The summed E-state index contributed by atoms with van der Waals surface area (Å²) >= 11 is 0. The van der Waals surface area contributed by atoms with Crippen LogP contribution in [0.3, 0.4) is 0 Å². The normalized spacial score (nSPS) is 35.9. The Morgan fingerprint density at radius 3 is 2.18 bits per heavy atom. The van der Waals surface area contributed by atoms with E-state index < -0.39 is 0 Å². The molecule has 0 amide bonds. The van der Waals surface area contributed by atoms with Gasteiger partial charge in [0.05, 0.1) is 10.3 Å². The third-order valence-electron chi connectivity index (χ3n) is 5.97. The van der Waals surface area contributed by atoms with Gasteiger partial charge >= 0.3 is 0 Å². The fourth-order valence-corrected chi connectivity index (χ4v) is 5.51. The largest absolute Gasteiger partial charge is 0.816 e. The van der Waals surface area contributed by atoms with Gasteiger partial charge in [0.2, 0.25) is 0 Å². The highest BCUT2D eigenvalue weighted by atomic mass is 16.3. The fraction of sp³-hybridized carbons (Fsp3) is 0.588. The second-order valence-electron chi connectivity index (χ2n) is 7.55. The molecule has 6 rings (SSSR count). The summed E-state index contributed by atoms with van der Waals surface area (Å²) in [6, 6.07) is 9.33. The molecule has 0 spiro atoms. The van der Waals surface area contributed by atoms with E-state index in [2.05, 4.69) is 10.3 Å². The Labute approximate surface area is 129 Å². The van der Waals surface area contributed by atoms with Crippen molar-refractivity contribution in [3.05, 3.63) is 30.3 Å². The highest BCUT2D eigenvalue weighted by molar-refractivity contribution is 5.21. The quantitative estimate of drug-likeness (QED) is 0.790. The van der Waals surface area contributed by atoms with Crippen molar-refractivity contribution < 1.29 is 9.79 Å². The molecule has 4 fully saturated rings. The number of nitrogens with zero attached hydrogens (tertiary/aromatic N) is 4. The Bertz CT molecular complexity index is 673. The number of hydrogen-bond acceptors (Lipinski definition) is 3. The molecule has 114 valence electrons. The highest BCUT2D eigenvalue weighted by Crippen LogP contribution is 2.58. The van der Waals surface area contributed by atoms with Gasteiger partial charge < -0.3 is 5.11 Å². The van der Waals surface area contributed by atoms with Crippen LogP contribution in [0.25, 0.3) is 5.69 Å². The first-order chi connectivity index (χ1) is 10.7. The van der Waals surface area contributed by atoms with Crippen LogP contribution in [0, 0.1) is 17.8 Å². The third-order valence-corrected chi connectivity index (χ3v) is 5.97. The first kappa shape index (κ1) is 12.6. The molecular formula is C17H20N4O. The summed E-state index contributed by atoms with van der Waals surface area (Å²) in [6.45, 7) is 0. The lowest BCUT2D eigenvalue weighted by molar-refractivity contribution is -0.705. The highest BCUT2D eigenvalue weighted by Gasteiger charge is 2.56. The summed E-state index contributed by atoms with van der Waals surface area (Å²) in [6.07, 6.45) is 7.60. The van der Waals surface area contributed by atoms with Gasteiger partial charge in [-0.2, -0.15) is 0 Å². The van der Waals surface area contributed by atoms with Gasteiger partial charge in [0.1, 0.15) is 11.2 Å². The molecule has 4 bridgehead atoms. The van der Waals surface area contributed by atoms with E-state index in [0.717, 1.165) is 42.7 Å². The van der Waals surface area contributed by atoms with Crippen molar-refractivity contribution >= 4 is 0 Å². The third kappa shape index (κ3) is 1.74. The summed E-state index contributed by atoms with van der Waals surface area (Å²) in [5, 5.41) is 21.2. The average Bonchev–Trinajstić information content (AvgIpc) is 2.90. The summed E-state index contributed by atoms with van der Waals surface area (Å²) in [7, 11) is 0. The van der Waals surface area contributed by atoms with Crippen LogP contribution in [0.4, 0.5) is 0 Å². The van der Waals surface area contributed by atoms with Crippen LogP contribution < -0.4 is 9.79 Å². The van der Waals surface area contributed by atoms with Gasteiger partial charge in [0.25, 0.3) is 6.01 Å². The van der Waals surface area contributed by atoms with E-state index in [-0.39, 0.29) is 11.5 Å². The molecule has 0 unspecified atom stereocenters. The molecule has 0 atom stereocenters. The van der Waals surface area contributed by atoms with Gasteiger partial charge in [-0.3, -0.25) is 0 Å². The zero-order valence-corrected chi connectivity index (χ0v) is 12.6. The summed E-state index contributed by atoms with van der Waals surface area (Å²) in [5.74, 6) is 2.45. The molecule has 0 N–H and O–H groups in total. The number of hydrogen-bond donors (Lipinski definition) is 0. The molecular weight excluding hydrogens is 276 g/mol. The van der Waals surface area contributed by atoms with Crippen LogP contribution in [0.15, 0.2) is 30.3 Å². The average molecular weight is 296 g/mol. The first-order valence-corrected chi connectivity index (χ1v) is 8.34. The Morgan fingerprint density at radius 1 is 1.00 bits per heavy atom. The van der Waals surface area contributed by atoms with Gasteiger partial charge in [-0.15, -0.1) is 4.68 Å². The number of aromatic nitrogens is 4. The Hall–Kier alpha value is -1.91. The minimum atomic E-state index is -0.262. The predicted molar refractivity (Wildman–Crippen MR) is 77.1 cm³/mol. The van der Waals surface area contributed by atoms with Crippen molar-refractivity contribution in [2.24, 2.45) is 17.8 Å². The molecule has 0 aliphatic heterocycles. The van der Waals surface area contributed by atoms with Gasteiger partial charge in [0, 0.05) is 0 Å². The zero-order chi connectivity index (χ0) is 14.7. The van der Waals surface area contributed by atoms with E-state index in [4.69, 9.17) is 0 Å². The molecule has 5 nitrogen and oxygen atoms in total. The van der Waals surface area contributed by atoms with Crippen LogP contribution in [-0.4, -0.2) is 15.1 Å². The standard InChI is InChI=1S/C17H20N4O/c22-16-18-21(19-20(16)15-4-2-1-3-5-15)17-9-12-6-13(10-17)8-14(7-12)11-17/h1-5,12-14H,6-11H2. The van der Waals surface area contributed by atoms with E-state index in [0.29, 0.717) is 0 Å². The predicted octanol–water partition coefficient (Wildman–Crippen LogP) is 1.55. The van der Waals surface area contributed by atoms with Crippen LogP contribution in [-0.2, 0) is 5.54 Å². The molecule has 1 aromatic heterocycles. The monoisotopic (exact) mass is 296 g/mol. The summed E-state index contributed by atoms with van der Waals surface area (Å²) in [4.78, 5) is 1.78. The second kappa shape index (κ2) is 4.31. The van der Waals surface area contributed by atoms with E-state index in [1.807, 2.05) is 30.3 Å². The van der Waals surface area contributed by atoms with Crippen molar-refractivity contribution in [1.82, 2.24) is 15.1 Å². The lowest BCUT2D eigenvalue weighted by atomic mass is 9.53. The van der Waals surface area contributed by atoms with Gasteiger partial charge in [0.15, 0.2) is 0 Å². The maximum absolute atomic E-state index is 12.3. The lowest BCUT2D eigenvalue weighted by Gasteiger charge is -2.53. The van der Waals surface area contributed by atoms with Crippen LogP contribution in [0.2, 0.25) is 0 Å². The lowest BCUT2D eigenvalue weighted by Crippen LogP contribution is -2.53. The minimum absolute atomic E-state index is 0.00788. The smallest absolute Gasteiger partial charge is 0.272 e. The summed E-state index contributed by atoms with van der Waals surface area (Å²) in [5.41, 5.74) is 0.803. The topological polar surface area (TPSA) is 57.7 Å². The molecule has 1 heterocycles. The van der Waals surface area contributed by atoms with E-state index in [1.54, 1.807) is 4.80 Å². The molecule has 4 aliphatic rings. The number of benzene rings is 1. The molecule has 2 aromatic rings. The molecule has 5 heteroatoms. The van der Waals surface area contributed by atoms with Crippen molar-refractivity contribution in [1.29, 1.82) is 0 Å². The molecule has 22 heavy (non-hydrogen) atoms. The Morgan fingerprint density at radius 2 is 1.59 bits per heavy atom.